The molecule has 118 valence electrons. The van der Waals surface area contributed by atoms with Crippen LogP contribution in [0.15, 0.2) is 0 Å². The van der Waals surface area contributed by atoms with Crippen LogP contribution in [0.3, 0.4) is 0 Å². The topological polar surface area (TPSA) is 3.24 Å². The highest BCUT2D eigenvalue weighted by molar-refractivity contribution is 4.78. The standard InChI is InChI=1S/C19H37N/c1-15(2)18-7-5-17(6-8-18)9-12-20-13-10-19(11-14-20)16(3)4/h15-19H,5-14H2,1-4H3/t17-,18+. The Labute approximate surface area is 127 Å². The highest BCUT2D eigenvalue weighted by Crippen LogP contribution is 2.35. The molecule has 1 nitrogen and oxygen atoms in total. The van der Waals surface area contributed by atoms with Crippen molar-refractivity contribution in [1.29, 1.82) is 0 Å². The quantitative estimate of drug-likeness (QED) is 0.668. The summed E-state index contributed by atoms with van der Waals surface area (Å²) in [5.74, 6) is 4.85. The molecule has 0 amide bonds. The van der Waals surface area contributed by atoms with Gasteiger partial charge in [0.15, 0.2) is 0 Å². The number of hydrogen-bond acceptors (Lipinski definition) is 1. The van der Waals surface area contributed by atoms with E-state index in [4.69, 9.17) is 0 Å². The molecule has 0 aromatic rings. The van der Waals surface area contributed by atoms with E-state index in [0.717, 1.165) is 29.6 Å². The highest BCUT2D eigenvalue weighted by atomic mass is 15.1. The van der Waals surface area contributed by atoms with Crippen LogP contribution in [0.25, 0.3) is 0 Å². The first-order valence-electron chi connectivity index (χ1n) is 9.28. The van der Waals surface area contributed by atoms with Crippen LogP contribution in [-0.2, 0) is 0 Å². The fourth-order valence-corrected chi connectivity index (χ4v) is 4.35. The van der Waals surface area contributed by atoms with Crippen LogP contribution in [0.2, 0.25) is 0 Å². The number of piperidine rings is 1. The maximum atomic E-state index is 2.74. The molecule has 0 atom stereocenters. The van der Waals surface area contributed by atoms with Gasteiger partial charge >= 0.3 is 0 Å². The molecule has 20 heavy (non-hydrogen) atoms. The van der Waals surface area contributed by atoms with E-state index in [2.05, 4.69) is 32.6 Å². The normalized spacial score (nSPS) is 30.3. The summed E-state index contributed by atoms with van der Waals surface area (Å²) in [4.78, 5) is 2.74. The smallest absolute Gasteiger partial charge is 0.00160 e. The van der Waals surface area contributed by atoms with Crippen molar-refractivity contribution in [3.63, 3.8) is 0 Å². The van der Waals surface area contributed by atoms with Crippen molar-refractivity contribution in [2.24, 2.45) is 29.6 Å². The zero-order valence-electron chi connectivity index (χ0n) is 14.4. The van der Waals surface area contributed by atoms with E-state index in [1.54, 1.807) is 0 Å². The van der Waals surface area contributed by atoms with Gasteiger partial charge in [0.05, 0.1) is 0 Å². The molecule has 0 spiro atoms. The molecule has 2 aliphatic rings. The summed E-state index contributed by atoms with van der Waals surface area (Å²) in [5.41, 5.74) is 0. The van der Waals surface area contributed by atoms with Crippen LogP contribution in [-0.4, -0.2) is 24.5 Å². The van der Waals surface area contributed by atoms with Gasteiger partial charge in [-0.2, -0.15) is 0 Å². The van der Waals surface area contributed by atoms with Crippen molar-refractivity contribution < 1.29 is 0 Å². The van der Waals surface area contributed by atoms with Crippen LogP contribution in [0, 0.1) is 29.6 Å². The minimum atomic E-state index is 0.892. The third-order valence-corrected chi connectivity index (χ3v) is 6.26. The molecule has 1 aliphatic heterocycles. The molecule has 1 saturated carbocycles. The second kappa shape index (κ2) is 7.82. The van der Waals surface area contributed by atoms with Crippen LogP contribution in [0.5, 0.6) is 0 Å². The predicted octanol–water partition coefficient (Wildman–Crippen LogP) is 5.21. The summed E-state index contributed by atoms with van der Waals surface area (Å²) in [5, 5.41) is 0. The minimum absolute atomic E-state index is 0.892. The Hall–Kier alpha value is -0.0400. The summed E-state index contributed by atoms with van der Waals surface area (Å²) >= 11 is 0. The SMILES string of the molecule is CC(C)C1CCN(CC[C@H]2CC[C@@H](C(C)C)CC2)CC1. The lowest BCUT2D eigenvalue weighted by Gasteiger charge is -2.36. The van der Waals surface area contributed by atoms with Crippen molar-refractivity contribution in [3.8, 4) is 0 Å². The number of likely N-dealkylation sites (tertiary alicyclic amines) is 1. The Bertz CT molecular complexity index is 227. The average Bonchev–Trinajstić information content (AvgIpc) is 2.46. The zero-order valence-corrected chi connectivity index (χ0v) is 14.4. The molecule has 0 aromatic carbocycles. The number of hydrogen-bond donors (Lipinski definition) is 0. The molecule has 0 bridgehead atoms. The zero-order chi connectivity index (χ0) is 14.5. The van der Waals surface area contributed by atoms with Gasteiger partial charge in [-0.1, -0.05) is 40.5 Å². The molecular weight excluding hydrogens is 242 g/mol. The largest absolute Gasteiger partial charge is 0.303 e. The molecular formula is C19H37N. The van der Waals surface area contributed by atoms with Gasteiger partial charge in [-0.3, -0.25) is 0 Å². The van der Waals surface area contributed by atoms with Crippen molar-refractivity contribution in [1.82, 2.24) is 4.90 Å². The molecule has 1 aliphatic carbocycles. The number of rotatable bonds is 5. The molecule has 0 unspecified atom stereocenters. The summed E-state index contributed by atoms with van der Waals surface area (Å²) in [6, 6.07) is 0. The van der Waals surface area contributed by atoms with Gasteiger partial charge in [0.25, 0.3) is 0 Å². The van der Waals surface area contributed by atoms with Crippen molar-refractivity contribution in [2.45, 2.75) is 72.6 Å². The lowest BCUT2D eigenvalue weighted by atomic mass is 9.76. The molecule has 0 N–H and O–H groups in total. The van der Waals surface area contributed by atoms with E-state index >= 15 is 0 Å². The van der Waals surface area contributed by atoms with Gasteiger partial charge < -0.3 is 4.90 Å². The molecule has 1 saturated heterocycles. The van der Waals surface area contributed by atoms with Crippen molar-refractivity contribution in [3.05, 3.63) is 0 Å². The first-order valence-corrected chi connectivity index (χ1v) is 9.28. The third kappa shape index (κ3) is 4.76. The van der Waals surface area contributed by atoms with Crippen LogP contribution < -0.4 is 0 Å². The summed E-state index contributed by atoms with van der Waals surface area (Å²) in [6.45, 7) is 13.7. The average molecular weight is 280 g/mol. The van der Waals surface area contributed by atoms with E-state index < -0.39 is 0 Å². The Kier molecular flexibility index (Phi) is 6.39. The van der Waals surface area contributed by atoms with Gasteiger partial charge in [0.2, 0.25) is 0 Å². The fraction of sp³-hybridized carbons (Fsp3) is 1.00. The van der Waals surface area contributed by atoms with Gasteiger partial charge in [-0.15, -0.1) is 0 Å². The van der Waals surface area contributed by atoms with E-state index in [1.807, 2.05) is 0 Å². The Morgan fingerprint density at radius 1 is 0.750 bits per heavy atom. The maximum absolute atomic E-state index is 2.74. The van der Waals surface area contributed by atoms with Gasteiger partial charge in [-0.05, 0) is 81.3 Å². The van der Waals surface area contributed by atoms with E-state index in [9.17, 15) is 0 Å². The molecule has 1 heterocycles. The van der Waals surface area contributed by atoms with Crippen LogP contribution >= 0.6 is 0 Å². The van der Waals surface area contributed by atoms with Gasteiger partial charge in [0, 0.05) is 0 Å². The second-order valence-electron chi connectivity index (χ2n) is 8.24. The molecule has 2 fully saturated rings. The van der Waals surface area contributed by atoms with E-state index in [0.29, 0.717) is 0 Å². The van der Waals surface area contributed by atoms with Crippen LogP contribution in [0.4, 0.5) is 0 Å². The van der Waals surface area contributed by atoms with Crippen LogP contribution in [0.1, 0.15) is 72.6 Å². The second-order valence-corrected chi connectivity index (χ2v) is 8.24. The first-order chi connectivity index (χ1) is 9.56. The molecule has 0 radical (unpaired) electrons. The van der Waals surface area contributed by atoms with Crippen molar-refractivity contribution in [2.75, 3.05) is 19.6 Å². The van der Waals surface area contributed by atoms with Crippen molar-refractivity contribution >= 4 is 0 Å². The minimum Gasteiger partial charge on any atom is -0.303 e. The predicted molar refractivity (Wildman–Crippen MR) is 88.9 cm³/mol. The third-order valence-electron chi connectivity index (χ3n) is 6.26. The fourth-order valence-electron chi connectivity index (χ4n) is 4.35. The first kappa shape index (κ1) is 16.3. The Morgan fingerprint density at radius 3 is 1.75 bits per heavy atom. The molecule has 2 rings (SSSR count). The monoisotopic (exact) mass is 279 g/mol. The Morgan fingerprint density at radius 2 is 1.25 bits per heavy atom. The van der Waals surface area contributed by atoms with E-state index in [1.165, 1.54) is 64.6 Å². The summed E-state index contributed by atoms with van der Waals surface area (Å²) in [7, 11) is 0. The molecule has 0 aromatic heterocycles. The maximum Gasteiger partial charge on any atom is -0.00160 e. The summed E-state index contributed by atoms with van der Waals surface area (Å²) in [6.07, 6.45) is 10.4. The van der Waals surface area contributed by atoms with Gasteiger partial charge in [-0.25, -0.2) is 0 Å². The lowest BCUT2D eigenvalue weighted by Crippen LogP contribution is -2.36. The molecule has 1 heteroatoms. The van der Waals surface area contributed by atoms with E-state index in [-0.39, 0.29) is 0 Å². The van der Waals surface area contributed by atoms with Gasteiger partial charge in [0.1, 0.15) is 0 Å². The lowest BCUT2D eigenvalue weighted by molar-refractivity contribution is 0.138. The Balaban J connectivity index is 1.60. The number of nitrogens with zero attached hydrogens (tertiary/aromatic N) is 1. The summed E-state index contributed by atoms with van der Waals surface area (Å²) < 4.78 is 0. The highest BCUT2D eigenvalue weighted by Gasteiger charge is 2.25.